The second-order valence-corrected chi connectivity index (χ2v) is 6.51. The topological polar surface area (TPSA) is 55.8 Å². The normalized spacial score (nSPS) is 31.3. The average molecular weight is 291 g/mol. The molecule has 0 aromatic rings. The summed E-state index contributed by atoms with van der Waals surface area (Å²) in [5, 5.41) is 0. The Morgan fingerprint density at radius 3 is 2.25 bits per heavy atom. The Bertz CT molecular complexity index is 446. The Labute approximate surface area is 116 Å². The molecule has 1 heterocycles. The number of alkyl halides is 2. The molecule has 1 aliphatic heterocycles. The number of nitrogens with zero attached hydrogens (tertiary/aromatic N) is 1. The van der Waals surface area contributed by atoms with Gasteiger partial charge in [-0.05, 0) is 27.2 Å². The maximum Gasteiger partial charge on any atom is 0.411 e. The third kappa shape index (κ3) is 2.45. The predicted molar refractivity (Wildman–Crippen MR) is 65.4 cm³/mol. The van der Waals surface area contributed by atoms with Crippen LogP contribution in [0.2, 0.25) is 0 Å². The van der Waals surface area contributed by atoms with Gasteiger partial charge in [-0.2, -0.15) is 0 Å². The van der Waals surface area contributed by atoms with Gasteiger partial charge in [0.2, 0.25) is 0 Å². The van der Waals surface area contributed by atoms with Gasteiger partial charge in [-0.3, -0.25) is 4.90 Å². The van der Waals surface area contributed by atoms with E-state index in [4.69, 9.17) is 4.74 Å². The van der Waals surface area contributed by atoms with Gasteiger partial charge in [-0.1, -0.05) is 0 Å². The van der Waals surface area contributed by atoms with Crippen LogP contribution in [0.3, 0.4) is 0 Å². The maximum absolute atomic E-state index is 13.5. The third-order valence-electron chi connectivity index (χ3n) is 3.75. The van der Waals surface area contributed by atoms with Crippen LogP contribution in [0.15, 0.2) is 0 Å². The molecule has 1 aliphatic carbocycles. The summed E-state index contributed by atoms with van der Waals surface area (Å²) in [7, 11) is 1.17. The quantitative estimate of drug-likeness (QED) is 0.695. The summed E-state index contributed by atoms with van der Waals surface area (Å²) in [6.07, 6.45) is -1.13. The van der Waals surface area contributed by atoms with Gasteiger partial charge in [0.15, 0.2) is 0 Å². The number of halogens is 2. The monoisotopic (exact) mass is 291 g/mol. The van der Waals surface area contributed by atoms with Gasteiger partial charge in [-0.25, -0.2) is 18.4 Å². The summed E-state index contributed by atoms with van der Waals surface area (Å²) in [6, 6.07) is -0.997. The Morgan fingerprint density at radius 2 is 1.85 bits per heavy atom. The maximum atomic E-state index is 13.5. The summed E-state index contributed by atoms with van der Waals surface area (Å²) in [4.78, 5) is 24.8. The van der Waals surface area contributed by atoms with E-state index in [2.05, 4.69) is 4.74 Å². The second kappa shape index (κ2) is 4.30. The molecule has 1 amide bonds. The fraction of sp³-hybridized carbons (Fsp3) is 0.846. The van der Waals surface area contributed by atoms with E-state index in [0.717, 1.165) is 4.90 Å². The highest BCUT2D eigenvalue weighted by molar-refractivity contribution is 5.82. The molecule has 0 bridgehead atoms. The molecule has 1 spiro atoms. The lowest BCUT2D eigenvalue weighted by Crippen LogP contribution is -2.44. The van der Waals surface area contributed by atoms with Crippen LogP contribution in [-0.2, 0) is 14.3 Å². The molecular weight excluding hydrogens is 272 g/mol. The van der Waals surface area contributed by atoms with Gasteiger partial charge < -0.3 is 9.47 Å². The number of ether oxygens (including phenoxy) is 2. The van der Waals surface area contributed by atoms with Crippen molar-refractivity contribution in [1.82, 2.24) is 4.90 Å². The number of hydrogen-bond acceptors (Lipinski definition) is 4. The van der Waals surface area contributed by atoms with Crippen molar-refractivity contribution >= 4 is 12.1 Å². The SMILES string of the molecule is COC(=O)C1C[C@]2(CN1C(=O)OC(C)(C)C)CC2(F)F. The summed E-state index contributed by atoms with van der Waals surface area (Å²) < 4.78 is 36.7. The summed E-state index contributed by atoms with van der Waals surface area (Å²) in [6.45, 7) is 4.86. The molecule has 1 saturated heterocycles. The summed E-state index contributed by atoms with van der Waals surface area (Å²) in [5.41, 5.74) is -2.04. The molecule has 1 unspecified atom stereocenters. The minimum Gasteiger partial charge on any atom is -0.467 e. The smallest absolute Gasteiger partial charge is 0.411 e. The lowest BCUT2D eigenvalue weighted by molar-refractivity contribution is -0.145. The molecule has 7 heteroatoms. The summed E-state index contributed by atoms with van der Waals surface area (Å²) >= 11 is 0. The molecule has 1 saturated carbocycles. The minimum absolute atomic E-state index is 0.0775. The van der Waals surface area contributed by atoms with Gasteiger partial charge in [0, 0.05) is 13.0 Å². The highest BCUT2D eigenvalue weighted by Gasteiger charge is 2.75. The van der Waals surface area contributed by atoms with Crippen LogP contribution in [0, 0.1) is 5.41 Å². The predicted octanol–water partition coefficient (Wildman–Crippen LogP) is 2.19. The van der Waals surface area contributed by atoms with Crippen molar-refractivity contribution in [1.29, 1.82) is 0 Å². The molecule has 5 nitrogen and oxygen atoms in total. The molecule has 0 aromatic heterocycles. The summed E-state index contributed by atoms with van der Waals surface area (Å²) in [5.74, 6) is -3.51. The van der Waals surface area contributed by atoms with Gasteiger partial charge in [0.1, 0.15) is 11.6 Å². The van der Waals surface area contributed by atoms with Crippen LogP contribution in [-0.4, -0.2) is 48.2 Å². The van der Waals surface area contributed by atoms with E-state index in [1.165, 1.54) is 7.11 Å². The standard InChI is InChI=1S/C13H19F2NO4/c1-11(2,3)20-10(18)16-7-12(6-13(12,14)15)5-8(16)9(17)19-4/h8H,5-7H2,1-4H3/t8?,12-/m1/s1. The van der Waals surface area contributed by atoms with E-state index in [9.17, 15) is 18.4 Å². The van der Waals surface area contributed by atoms with Gasteiger partial charge in [0.05, 0.1) is 12.5 Å². The van der Waals surface area contributed by atoms with Crippen molar-refractivity contribution in [2.24, 2.45) is 5.41 Å². The van der Waals surface area contributed by atoms with E-state index in [0.29, 0.717) is 0 Å². The van der Waals surface area contributed by atoms with Crippen LogP contribution in [0.4, 0.5) is 13.6 Å². The number of methoxy groups -OCH3 is 1. The molecular formula is C13H19F2NO4. The molecule has 114 valence electrons. The van der Waals surface area contributed by atoms with Crippen molar-refractivity contribution in [3.8, 4) is 0 Å². The average Bonchev–Trinajstić information content (AvgIpc) is 2.67. The van der Waals surface area contributed by atoms with Crippen molar-refractivity contribution in [3.63, 3.8) is 0 Å². The minimum atomic E-state index is -2.82. The van der Waals surface area contributed by atoms with Crippen molar-refractivity contribution < 1.29 is 27.8 Å². The van der Waals surface area contributed by atoms with Crippen molar-refractivity contribution in [2.45, 2.75) is 51.2 Å². The molecule has 0 N–H and O–H groups in total. The molecule has 2 aliphatic rings. The fourth-order valence-electron chi connectivity index (χ4n) is 2.61. The lowest BCUT2D eigenvalue weighted by Gasteiger charge is -2.27. The third-order valence-corrected chi connectivity index (χ3v) is 3.75. The molecule has 2 rings (SSSR count). The number of hydrogen-bond donors (Lipinski definition) is 0. The van der Waals surface area contributed by atoms with Gasteiger partial charge in [-0.15, -0.1) is 0 Å². The highest BCUT2D eigenvalue weighted by Crippen LogP contribution is 2.66. The van der Waals surface area contributed by atoms with Gasteiger partial charge in [0.25, 0.3) is 5.92 Å². The first-order valence-electron chi connectivity index (χ1n) is 6.47. The van der Waals surface area contributed by atoms with E-state index in [1.54, 1.807) is 20.8 Å². The van der Waals surface area contributed by atoms with E-state index in [1.807, 2.05) is 0 Å². The molecule has 0 aromatic carbocycles. The highest BCUT2D eigenvalue weighted by atomic mass is 19.3. The molecule has 2 fully saturated rings. The Morgan fingerprint density at radius 1 is 1.30 bits per heavy atom. The number of carbonyl (C=O) groups excluding carboxylic acids is 2. The first kappa shape index (κ1) is 15.0. The first-order chi connectivity index (χ1) is 9.01. The van der Waals surface area contributed by atoms with E-state index in [-0.39, 0.29) is 19.4 Å². The van der Waals surface area contributed by atoms with Crippen LogP contribution in [0.1, 0.15) is 33.6 Å². The lowest BCUT2D eigenvalue weighted by atomic mass is 10.0. The number of esters is 1. The Hall–Kier alpha value is -1.40. The zero-order valence-electron chi connectivity index (χ0n) is 12.0. The van der Waals surface area contributed by atoms with Crippen LogP contribution < -0.4 is 0 Å². The van der Waals surface area contributed by atoms with Crippen LogP contribution in [0.5, 0.6) is 0 Å². The largest absolute Gasteiger partial charge is 0.467 e. The number of amides is 1. The van der Waals surface area contributed by atoms with Crippen molar-refractivity contribution in [2.75, 3.05) is 13.7 Å². The van der Waals surface area contributed by atoms with Crippen LogP contribution >= 0.6 is 0 Å². The van der Waals surface area contributed by atoms with E-state index >= 15 is 0 Å². The first-order valence-corrected chi connectivity index (χ1v) is 6.47. The number of carbonyl (C=O) groups is 2. The van der Waals surface area contributed by atoms with E-state index < -0.39 is 35.0 Å². The Kier molecular flexibility index (Phi) is 3.22. The zero-order chi connectivity index (χ0) is 15.3. The van der Waals surface area contributed by atoms with Crippen LogP contribution in [0.25, 0.3) is 0 Å². The molecule has 2 atom stereocenters. The van der Waals surface area contributed by atoms with Crippen molar-refractivity contribution in [3.05, 3.63) is 0 Å². The van der Waals surface area contributed by atoms with Gasteiger partial charge >= 0.3 is 12.1 Å². The Balaban J connectivity index is 2.17. The number of likely N-dealkylation sites (tertiary alicyclic amines) is 1. The molecule has 20 heavy (non-hydrogen) atoms. The molecule has 0 radical (unpaired) electrons. The zero-order valence-corrected chi connectivity index (χ0v) is 12.0. The second-order valence-electron chi connectivity index (χ2n) is 6.51. The number of rotatable bonds is 1. The fourth-order valence-corrected chi connectivity index (χ4v) is 2.61.